The Bertz CT molecular complexity index is 426. The highest BCUT2D eigenvalue weighted by molar-refractivity contribution is 5.97. The van der Waals surface area contributed by atoms with Gasteiger partial charge in [0.2, 0.25) is 5.75 Å². The molecule has 4 nitrogen and oxygen atoms in total. The summed E-state index contributed by atoms with van der Waals surface area (Å²) in [7, 11) is 4.60. The summed E-state index contributed by atoms with van der Waals surface area (Å²) in [6.07, 6.45) is 3.91. The van der Waals surface area contributed by atoms with Crippen molar-refractivity contribution in [2.45, 2.75) is 19.3 Å². The number of allylic oxidation sites excluding steroid dienone is 1. The minimum absolute atomic E-state index is 0.0566. The summed E-state index contributed by atoms with van der Waals surface area (Å²) >= 11 is 0. The second-order valence-electron chi connectivity index (χ2n) is 4.02. The number of ketones is 1. The van der Waals surface area contributed by atoms with E-state index in [4.69, 9.17) is 14.2 Å². The molecule has 0 spiro atoms. The van der Waals surface area contributed by atoms with Crippen LogP contribution in [0.2, 0.25) is 0 Å². The molecule has 0 aromatic heterocycles. The number of carbonyl (C=O) groups is 1. The van der Waals surface area contributed by atoms with Crippen molar-refractivity contribution >= 4 is 5.78 Å². The van der Waals surface area contributed by atoms with Gasteiger partial charge in [-0.2, -0.15) is 0 Å². The molecule has 0 heterocycles. The smallest absolute Gasteiger partial charge is 0.203 e. The summed E-state index contributed by atoms with van der Waals surface area (Å²) in [6, 6.07) is 3.36. The van der Waals surface area contributed by atoms with Gasteiger partial charge in [-0.3, -0.25) is 4.79 Å². The van der Waals surface area contributed by atoms with E-state index in [-0.39, 0.29) is 5.78 Å². The summed E-state index contributed by atoms with van der Waals surface area (Å²) in [5.74, 6) is 1.54. The molecule has 0 fully saturated rings. The molecule has 0 saturated carbocycles. The molecule has 0 bridgehead atoms. The number of hydrogen-bond acceptors (Lipinski definition) is 4. The van der Waals surface area contributed by atoms with E-state index in [2.05, 4.69) is 6.58 Å². The molecule has 1 rings (SSSR count). The number of unbranched alkanes of at least 4 members (excludes halogenated alkanes) is 1. The number of benzene rings is 1. The molecular formula is C15H20O4. The molecule has 4 heteroatoms. The normalized spacial score (nSPS) is 9.84. The monoisotopic (exact) mass is 264 g/mol. The number of hydrogen-bond donors (Lipinski definition) is 0. The lowest BCUT2D eigenvalue weighted by atomic mass is 10.0. The Kier molecular flexibility index (Phi) is 5.93. The van der Waals surface area contributed by atoms with E-state index in [9.17, 15) is 4.79 Å². The first-order valence-electron chi connectivity index (χ1n) is 6.12. The van der Waals surface area contributed by atoms with Crippen molar-refractivity contribution in [1.82, 2.24) is 0 Å². The van der Waals surface area contributed by atoms with Crippen LogP contribution in [0.1, 0.15) is 29.6 Å². The molecule has 1 aromatic carbocycles. The summed E-state index contributed by atoms with van der Waals surface area (Å²) in [6.45, 7) is 3.64. The molecular weight excluding hydrogens is 244 g/mol. The Morgan fingerprint density at radius 1 is 1.16 bits per heavy atom. The maximum Gasteiger partial charge on any atom is 0.203 e. The zero-order valence-corrected chi connectivity index (χ0v) is 11.7. The second-order valence-corrected chi connectivity index (χ2v) is 4.02. The molecule has 0 aliphatic heterocycles. The molecule has 0 amide bonds. The van der Waals surface area contributed by atoms with E-state index >= 15 is 0 Å². The first-order chi connectivity index (χ1) is 9.17. The van der Waals surface area contributed by atoms with Crippen LogP contribution >= 0.6 is 0 Å². The molecule has 0 saturated heterocycles. The summed E-state index contributed by atoms with van der Waals surface area (Å²) in [5.41, 5.74) is 0.568. The van der Waals surface area contributed by atoms with E-state index < -0.39 is 0 Å². The molecule has 0 aliphatic rings. The van der Waals surface area contributed by atoms with Crippen molar-refractivity contribution in [2.75, 3.05) is 21.3 Å². The van der Waals surface area contributed by atoms with E-state index in [1.54, 1.807) is 12.1 Å². The van der Waals surface area contributed by atoms with Gasteiger partial charge in [0, 0.05) is 12.0 Å². The van der Waals surface area contributed by atoms with Gasteiger partial charge in [-0.15, -0.1) is 6.58 Å². The molecule has 0 unspecified atom stereocenters. The number of carbonyl (C=O) groups excluding carboxylic acids is 1. The topological polar surface area (TPSA) is 44.8 Å². The maximum absolute atomic E-state index is 12.1. The van der Waals surface area contributed by atoms with E-state index in [0.717, 1.165) is 12.8 Å². The zero-order chi connectivity index (χ0) is 14.3. The highest BCUT2D eigenvalue weighted by atomic mass is 16.5. The van der Waals surface area contributed by atoms with E-state index in [1.165, 1.54) is 21.3 Å². The van der Waals surface area contributed by atoms with Crippen molar-refractivity contribution in [3.05, 3.63) is 30.4 Å². The van der Waals surface area contributed by atoms with Crippen molar-refractivity contribution in [3.63, 3.8) is 0 Å². The Hall–Kier alpha value is -1.97. The fourth-order valence-corrected chi connectivity index (χ4v) is 1.79. The maximum atomic E-state index is 12.1. The third-order valence-corrected chi connectivity index (χ3v) is 2.80. The Labute approximate surface area is 114 Å². The predicted octanol–water partition coefficient (Wildman–Crippen LogP) is 3.25. The largest absolute Gasteiger partial charge is 0.493 e. The van der Waals surface area contributed by atoms with Crippen LogP contribution < -0.4 is 14.2 Å². The molecule has 19 heavy (non-hydrogen) atoms. The van der Waals surface area contributed by atoms with Crippen LogP contribution in [0.4, 0.5) is 0 Å². The fraction of sp³-hybridized carbons (Fsp3) is 0.400. The van der Waals surface area contributed by atoms with Crippen molar-refractivity contribution in [2.24, 2.45) is 0 Å². The standard InChI is InChI=1S/C15H20O4/c1-5-6-7-8-12(16)11-9-13(17-2)15(19-4)14(10-11)18-3/h5,9-10H,1,6-8H2,2-4H3. The van der Waals surface area contributed by atoms with Crippen molar-refractivity contribution in [1.29, 1.82) is 0 Å². The van der Waals surface area contributed by atoms with Crippen LogP contribution in [0.5, 0.6) is 17.2 Å². The van der Waals surface area contributed by atoms with Gasteiger partial charge >= 0.3 is 0 Å². The average molecular weight is 264 g/mol. The summed E-state index contributed by atoms with van der Waals surface area (Å²) in [5, 5.41) is 0. The van der Waals surface area contributed by atoms with Gasteiger partial charge in [0.05, 0.1) is 21.3 Å². The number of rotatable bonds is 8. The van der Waals surface area contributed by atoms with Gasteiger partial charge in [-0.1, -0.05) is 6.08 Å². The van der Waals surface area contributed by atoms with Crippen molar-refractivity contribution in [3.8, 4) is 17.2 Å². The predicted molar refractivity (Wildman–Crippen MR) is 74.5 cm³/mol. The van der Waals surface area contributed by atoms with Crippen LogP contribution in [-0.4, -0.2) is 27.1 Å². The number of ether oxygens (including phenoxy) is 3. The molecule has 0 atom stereocenters. The van der Waals surface area contributed by atoms with Crippen LogP contribution in [0.15, 0.2) is 24.8 Å². The number of Topliss-reactive ketones (excluding diaryl/α,β-unsaturated/α-hetero) is 1. The average Bonchev–Trinajstić information content (AvgIpc) is 2.45. The van der Waals surface area contributed by atoms with Gasteiger partial charge in [-0.25, -0.2) is 0 Å². The van der Waals surface area contributed by atoms with Crippen LogP contribution in [-0.2, 0) is 0 Å². The fourth-order valence-electron chi connectivity index (χ4n) is 1.79. The lowest BCUT2D eigenvalue weighted by molar-refractivity contribution is 0.0979. The third kappa shape index (κ3) is 3.74. The molecule has 104 valence electrons. The summed E-state index contributed by atoms with van der Waals surface area (Å²) in [4.78, 5) is 12.1. The minimum Gasteiger partial charge on any atom is -0.493 e. The Morgan fingerprint density at radius 3 is 2.16 bits per heavy atom. The lowest BCUT2D eigenvalue weighted by Gasteiger charge is -2.13. The van der Waals surface area contributed by atoms with E-state index in [1.807, 2.05) is 6.08 Å². The molecule has 0 radical (unpaired) electrons. The number of methoxy groups -OCH3 is 3. The molecule has 0 aliphatic carbocycles. The quantitative estimate of drug-likeness (QED) is 0.411. The zero-order valence-electron chi connectivity index (χ0n) is 11.7. The molecule has 0 N–H and O–H groups in total. The van der Waals surface area contributed by atoms with Gasteiger partial charge in [0.15, 0.2) is 17.3 Å². The lowest BCUT2D eigenvalue weighted by Crippen LogP contribution is -2.02. The van der Waals surface area contributed by atoms with Gasteiger partial charge in [0.25, 0.3) is 0 Å². The Balaban J connectivity index is 3.01. The molecule has 1 aromatic rings. The van der Waals surface area contributed by atoms with Crippen LogP contribution in [0, 0.1) is 0 Å². The van der Waals surface area contributed by atoms with Crippen molar-refractivity contribution < 1.29 is 19.0 Å². The Morgan fingerprint density at radius 2 is 1.74 bits per heavy atom. The highest BCUT2D eigenvalue weighted by Crippen LogP contribution is 2.38. The highest BCUT2D eigenvalue weighted by Gasteiger charge is 2.16. The van der Waals surface area contributed by atoms with Crippen LogP contribution in [0.3, 0.4) is 0 Å². The first kappa shape index (κ1) is 15.1. The van der Waals surface area contributed by atoms with Gasteiger partial charge in [-0.05, 0) is 25.0 Å². The summed E-state index contributed by atoms with van der Waals surface area (Å²) < 4.78 is 15.7. The van der Waals surface area contributed by atoms with Crippen LogP contribution in [0.25, 0.3) is 0 Å². The van der Waals surface area contributed by atoms with Gasteiger partial charge in [0.1, 0.15) is 0 Å². The van der Waals surface area contributed by atoms with Gasteiger partial charge < -0.3 is 14.2 Å². The first-order valence-corrected chi connectivity index (χ1v) is 6.12. The van der Waals surface area contributed by atoms with E-state index in [0.29, 0.717) is 29.2 Å². The SMILES string of the molecule is C=CCCCC(=O)c1cc(OC)c(OC)c(OC)c1. The minimum atomic E-state index is 0.0566. The third-order valence-electron chi connectivity index (χ3n) is 2.80. The second kappa shape index (κ2) is 7.46.